The Hall–Kier alpha value is -3.10. The Morgan fingerprint density at radius 1 is 1.33 bits per heavy atom. The fraction of sp³-hybridized carbons (Fsp3) is 0.278. The van der Waals surface area contributed by atoms with Crippen LogP contribution in [-0.4, -0.2) is 23.0 Å². The third-order valence-electron chi connectivity index (χ3n) is 4.45. The molecular formula is C18H17F3N4O2. The number of rotatable bonds is 3. The number of fused-ring (bicyclic) bond motifs is 1. The van der Waals surface area contributed by atoms with Crippen molar-refractivity contribution in [3.63, 3.8) is 0 Å². The van der Waals surface area contributed by atoms with Crippen molar-refractivity contribution in [1.82, 2.24) is 10.3 Å². The lowest BCUT2D eigenvalue weighted by Crippen LogP contribution is -2.54. The van der Waals surface area contributed by atoms with Crippen LogP contribution in [0.2, 0.25) is 0 Å². The molecule has 27 heavy (non-hydrogen) atoms. The van der Waals surface area contributed by atoms with Crippen LogP contribution in [0.5, 0.6) is 0 Å². The third-order valence-corrected chi connectivity index (χ3v) is 4.45. The first-order valence-corrected chi connectivity index (χ1v) is 8.18. The predicted octanol–water partition coefficient (Wildman–Crippen LogP) is 2.79. The summed E-state index contributed by atoms with van der Waals surface area (Å²) in [6, 6.07) is 7.33. The zero-order valence-corrected chi connectivity index (χ0v) is 14.3. The number of nitrogens with one attached hydrogen (secondary N) is 1. The van der Waals surface area contributed by atoms with Crippen LogP contribution in [0.15, 0.2) is 42.6 Å². The molecular weight excluding hydrogens is 361 g/mol. The average molecular weight is 378 g/mol. The fourth-order valence-electron chi connectivity index (χ4n) is 3.13. The number of hydrogen-bond acceptors (Lipinski definition) is 3. The number of benzene rings is 1. The second-order valence-electron chi connectivity index (χ2n) is 6.25. The lowest BCUT2D eigenvalue weighted by molar-refractivity contribution is -0.138. The summed E-state index contributed by atoms with van der Waals surface area (Å²) < 4.78 is 39.4. The maximum atomic E-state index is 13.1. The quantitative estimate of drug-likeness (QED) is 0.861. The number of alkyl halides is 3. The van der Waals surface area contributed by atoms with Crippen LogP contribution in [0.4, 0.5) is 23.7 Å². The summed E-state index contributed by atoms with van der Waals surface area (Å²) in [5.74, 6) is -0.543. The van der Waals surface area contributed by atoms with E-state index >= 15 is 0 Å². The van der Waals surface area contributed by atoms with Crippen molar-refractivity contribution in [2.24, 2.45) is 5.73 Å². The molecule has 1 aromatic heterocycles. The van der Waals surface area contributed by atoms with Crippen molar-refractivity contribution >= 4 is 17.6 Å². The van der Waals surface area contributed by atoms with E-state index < -0.39 is 35.8 Å². The molecule has 2 atom stereocenters. The Labute approximate surface area is 153 Å². The molecule has 3 amide bonds. The molecule has 0 spiro atoms. The van der Waals surface area contributed by atoms with E-state index in [4.69, 9.17) is 5.73 Å². The molecule has 1 aromatic carbocycles. The van der Waals surface area contributed by atoms with Crippen LogP contribution < -0.4 is 16.0 Å². The smallest absolute Gasteiger partial charge is 0.352 e. The van der Waals surface area contributed by atoms with Crippen molar-refractivity contribution in [3.8, 4) is 0 Å². The molecule has 6 nitrogen and oxygen atoms in total. The van der Waals surface area contributed by atoms with E-state index in [1.165, 1.54) is 4.90 Å². The van der Waals surface area contributed by atoms with E-state index in [1.54, 1.807) is 37.3 Å². The monoisotopic (exact) mass is 378 g/mol. The summed E-state index contributed by atoms with van der Waals surface area (Å²) in [6.45, 7) is 1.70. The SMILES string of the molecule is C[C@@H](c1ccccc1)N1C(=O)[C@H](NC(N)=O)Cc2ncc(C(F)(F)F)cc21. The highest BCUT2D eigenvalue weighted by Gasteiger charge is 2.40. The summed E-state index contributed by atoms with van der Waals surface area (Å²) in [4.78, 5) is 29.3. The van der Waals surface area contributed by atoms with Gasteiger partial charge in [0.05, 0.1) is 23.0 Å². The number of carbonyl (C=O) groups is 2. The number of aromatic nitrogens is 1. The Balaban J connectivity index is 2.10. The fourth-order valence-corrected chi connectivity index (χ4v) is 3.13. The molecule has 9 heteroatoms. The Morgan fingerprint density at radius 2 is 2.00 bits per heavy atom. The van der Waals surface area contributed by atoms with Gasteiger partial charge in [-0.2, -0.15) is 13.2 Å². The van der Waals surface area contributed by atoms with E-state index in [0.29, 0.717) is 0 Å². The first kappa shape index (κ1) is 18.7. The summed E-state index contributed by atoms with van der Waals surface area (Å²) in [6.07, 6.45) is -3.90. The highest BCUT2D eigenvalue weighted by atomic mass is 19.4. The first-order valence-electron chi connectivity index (χ1n) is 8.18. The van der Waals surface area contributed by atoms with Gasteiger partial charge in [0.15, 0.2) is 0 Å². The molecule has 0 saturated heterocycles. The average Bonchev–Trinajstić information content (AvgIpc) is 2.61. The minimum atomic E-state index is -4.59. The van der Waals surface area contributed by atoms with Gasteiger partial charge in [0.2, 0.25) is 0 Å². The van der Waals surface area contributed by atoms with Gasteiger partial charge in [-0.1, -0.05) is 30.3 Å². The summed E-state index contributed by atoms with van der Waals surface area (Å²) in [5.41, 5.74) is 5.28. The van der Waals surface area contributed by atoms with Crippen molar-refractivity contribution in [1.29, 1.82) is 0 Å². The van der Waals surface area contributed by atoms with Gasteiger partial charge < -0.3 is 16.0 Å². The summed E-state index contributed by atoms with van der Waals surface area (Å²) in [7, 11) is 0. The van der Waals surface area contributed by atoms with Gasteiger partial charge in [-0.3, -0.25) is 9.78 Å². The maximum absolute atomic E-state index is 13.1. The number of amides is 3. The highest BCUT2D eigenvalue weighted by Crippen LogP contribution is 2.38. The number of primary amides is 1. The lowest BCUT2D eigenvalue weighted by Gasteiger charge is -2.38. The Morgan fingerprint density at radius 3 is 2.59 bits per heavy atom. The van der Waals surface area contributed by atoms with Gasteiger partial charge in [-0.25, -0.2) is 4.79 Å². The first-order chi connectivity index (χ1) is 12.7. The van der Waals surface area contributed by atoms with Gasteiger partial charge in [0.1, 0.15) is 6.04 Å². The van der Waals surface area contributed by atoms with Crippen LogP contribution in [0.25, 0.3) is 0 Å². The van der Waals surface area contributed by atoms with Crippen molar-refractivity contribution in [3.05, 3.63) is 59.4 Å². The van der Waals surface area contributed by atoms with Crippen LogP contribution >= 0.6 is 0 Å². The molecule has 0 radical (unpaired) electrons. The predicted molar refractivity (Wildman–Crippen MR) is 91.8 cm³/mol. The molecule has 0 saturated carbocycles. The summed E-state index contributed by atoms with van der Waals surface area (Å²) in [5, 5.41) is 2.34. The van der Waals surface area contributed by atoms with Crippen molar-refractivity contribution in [2.75, 3.05) is 4.90 Å². The Bertz CT molecular complexity index is 871. The summed E-state index contributed by atoms with van der Waals surface area (Å²) >= 11 is 0. The molecule has 0 fully saturated rings. The van der Waals surface area contributed by atoms with Crippen LogP contribution in [0.3, 0.4) is 0 Å². The van der Waals surface area contributed by atoms with Crippen molar-refractivity contribution < 1.29 is 22.8 Å². The van der Waals surface area contributed by atoms with Crippen LogP contribution in [0.1, 0.15) is 29.8 Å². The number of carbonyl (C=O) groups excluding carboxylic acids is 2. The van der Waals surface area contributed by atoms with E-state index in [0.717, 1.165) is 17.8 Å². The molecule has 0 aliphatic carbocycles. The topological polar surface area (TPSA) is 88.3 Å². The molecule has 142 valence electrons. The van der Waals surface area contributed by atoms with Gasteiger partial charge >= 0.3 is 12.2 Å². The molecule has 2 aromatic rings. The van der Waals surface area contributed by atoms with E-state index in [1.807, 2.05) is 0 Å². The van der Waals surface area contributed by atoms with Gasteiger partial charge in [0.25, 0.3) is 5.91 Å². The molecule has 0 bridgehead atoms. The maximum Gasteiger partial charge on any atom is 0.417 e. The van der Waals surface area contributed by atoms with Crippen molar-refractivity contribution in [2.45, 2.75) is 31.6 Å². The molecule has 1 aliphatic rings. The number of nitrogens with two attached hydrogens (primary N) is 1. The number of nitrogens with zero attached hydrogens (tertiary/aromatic N) is 2. The normalized spacial score (nSPS) is 18.0. The standard InChI is InChI=1S/C18H17F3N4O2/c1-10(11-5-3-2-4-6-11)25-15-7-12(18(19,20)21)9-23-13(15)8-14(16(25)26)24-17(22)27/h2-7,9-10,14H,8H2,1H3,(H3,22,24,27)/t10-,14+/m0/s1. The van der Waals surface area contributed by atoms with Crippen LogP contribution in [-0.2, 0) is 17.4 Å². The minimum Gasteiger partial charge on any atom is -0.352 e. The molecule has 2 heterocycles. The lowest BCUT2D eigenvalue weighted by atomic mass is 9.96. The number of urea groups is 1. The van der Waals surface area contributed by atoms with Gasteiger partial charge in [-0.15, -0.1) is 0 Å². The second kappa shape index (κ2) is 6.90. The molecule has 3 rings (SSSR count). The van der Waals surface area contributed by atoms with E-state index in [9.17, 15) is 22.8 Å². The van der Waals surface area contributed by atoms with Crippen LogP contribution in [0, 0.1) is 0 Å². The highest BCUT2D eigenvalue weighted by molar-refractivity contribution is 6.02. The van der Waals surface area contributed by atoms with Gasteiger partial charge in [0, 0.05) is 12.6 Å². The second-order valence-corrected chi connectivity index (χ2v) is 6.25. The number of anilines is 1. The Kier molecular flexibility index (Phi) is 4.77. The minimum absolute atomic E-state index is 0.0345. The largest absolute Gasteiger partial charge is 0.417 e. The third kappa shape index (κ3) is 3.71. The zero-order chi connectivity index (χ0) is 19.8. The zero-order valence-electron chi connectivity index (χ0n) is 14.3. The van der Waals surface area contributed by atoms with E-state index in [-0.39, 0.29) is 17.8 Å². The number of hydrogen-bond donors (Lipinski definition) is 2. The molecule has 1 aliphatic heterocycles. The van der Waals surface area contributed by atoms with Gasteiger partial charge in [-0.05, 0) is 18.6 Å². The number of halogens is 3. The molecule has 3 N–H and O–H groups in total. The molecule has 0 unspecified atom stereocenters. The van der Waals surface area contributed by atoms with E-state index in [2.05, 4.69) is 10.3 Å². The number of pyridine rings is 1.